The summed E-state index contributed by atoms with van der Waals surface area (Å²) in [5, 5.41) is 1.89. The molecule has 0 spiro atoms. The summed E-state index contributed by atoms with van der Waals surface area (Å²) < 4.78 is 0. The van der Waals surface area contributed by atoms with Crippen LogP contribution in [0.4, 0.5) is 11.5 Å². The number of aromatic nitrogens is 1. The summed E-state index contributed by atoms with van der Waals surface area (Å²) in [6.45, 7) is 3.04. The Morgan fingerprint density at radius 2 is 1.81 bits per heavy atom. The van der Waals surface area contributed by atoms with Crippen molar-refractivity contribution in [1.82, 2.24) is 9.88 Å². The first-order chi connectivity index (χ1) is 15.0. The number of hydrogen-bond donors (Lipinski definition) is 1. The summed E-state index contributed by atoms with van der Waals surface area (Å²) in [6.07, 6.45) is 4.14. The van der Waals surface area contributed by atoms with Gasteiger partial charge in [-0.05, 0) is 44.0 Å². The smallest absolute Gasteiger partial charge is 0.250 e. The lowest BCUT2D eigenvalue weighted by molar-refractivity contribution is -0.135. The average Bonchev–Trinajstić information content (AvgIpc) is 3.05. The van der Waals surface area contributed by atoms with E-state index in [1.165, 1.54) is 16.7 Å². The van der Waals surface area contributed by atoms with Gasteiger partial charge in [-0.15, -0.1) is 11.8 Å². The summed E-state index contributed by atoms with van der Waals surface area (Å²) >= 11 is 1.28. The lowest BCUT2D eigenvalue weighted by Crippen LogP contribution is -2.51. The predicted molar refractivity (Wildman–Crippen MR) is 121 cm³/mol. The van der Waals surface area contributed by atoms with Crippen molar-refractivity contribution >= 4 is 41.0 Å². The molecular weight excluding hydrogens is 412 g/mol. The predicted octanol–water partition coefficient (Wildman–Crippen LogP) is 3.24. The number of aryl methyl sites for hydroxylation is 1. The highest BCUT2D eigenvalue weighted by Gasteiger charge is 2.40. The van der Waals surface area contributed by atoms with Gasteiger partial charge in [-0.25, -0.2) is 4.98 Å². The zero-order chi connectivity index (χ0) is 21.8. The molecule has 31 heavy (non-hydrogen) atoms. The number of fused-ring (bicyclic) bond motifs is 1. The van der Waals surface area contributed by atoms with Gasteiger partial charge in [0.2, 0.25) is 11.8 Å². The van der Waals surface area contributed by atoms with Gasteiger partial charge in [-0.3, -0.25) is 14.4 Å². The lowest BCUT2D eigenvalue weighted by atomic mass is 10.2. The second-order valence-electron chi connectivity index (χ2n) is 7.84. The molecule has 2 aromatic rings. The number of carbonyl (C=O) groups excluding carboxylic acids is 3. The number of rotatable bonds is 4. The van der Waals surface area contributed by atoms with Crippen LogP contribution in [0.2, 0.25) is 0 Å². The Morgan fingerprint density at radius 1 is 1.06 bits per heavy atom. The summed E-state index contributed by atoms with van der Waals surface area (Å²) in [5.74, 6) is -0.411. The molecule has 0 radical (unpaired) electrons. The maximum atomic E-state index is 13.4. The van der Waals surface area contributed by atoms with E-state index in [2.05, 4.69) is 10.3 Å². The Bertz CT molecular complexity index is 988. The quantitative estimate of drug-likeness (QED) is 0.741. The molecule has 3 amide bonds. The van der Waals surface area contributed by atoms with E-state index in [0.29, 0.717) is 24.6 Å². The number of anilines is 2. The van der Waals surface area contributed by atoms with E-state index < -0.39 is 5.25 Å². The van der Waals surface area contributed by atoms with Crippen LogP contribution in [0.1, 0.15) is 31.4 Å². The van der Waals surface area contributed by atoms with Gasteiger partial charge in [0.05, 0.1) is 5.69 Å². The molecule has 0 aliphatic carbocycles. The van der Waals surface area contributed by atoms with Crippen LogP contribution in [-0.2, 0) is 14.4 Å². The third-order valence-electron chi connectivity index (χ3n) is 5.49. The highest BCUT2D eigenvalue weighted by molar-refractivity contribution is 8.01. The van der Waals surface area contributed by atoms with E-state index in [0.717, 1.165) is 36.3 Å². The zero-order valence-electron chi connectivity index (χ0n) is 17.5. The first-order valence-corrected chi connectivity index (χ1v) is 11.5. The number of para-hydroxylation sites is 1. The van der Waals surface area contributed by atoms with E-state index in [4.69, 9.17) is 0 Å². The Balaban J connectivity index is 1.54. The summed E-state index contributed by atoms with van der Waals surface area (Å²) in [6, 6.07) is 12.8. The molecule has 1 aromatic heterocycles. The molecule has 162 valence electrons. The van der Waals surface area contributed by atoms with Crippen molar-refractivity contribution in [3.8, 4) is 0 Å². The summed E-state index contributed by atoms with van der Waals surface area (Å²) in [4.78, 5) is 47.7. The van der Waals surface area contributed by atoms with E-state index in [-0.39, 0.29) is 24.3 Å². The average molecular weight is 439 g/mol. The molecule has 1 saturated heterocycles. The number of likely N-dealkylation sites (tertiary alicyclic amines) is 1. The fourth-order valence-corrected chi connectivity index (χ4v) is 5.12. The van der Waals surface area contributed by atoms with E-state index in [1.807, 2.05) is 48.2 Å². The number of thioether (sulfide) groups is 1. The standard InChI is InChI=1S/C23H26N4O3S/c1-16-9-8-12-19(24-16)25-20(28)15-27-17-10-4-5-11-18(17)31-21(23(27)30)22(29)26-13-6-2-3-7-14-26/h4-5,8-12,21H,2-3,6-7,13-15H2,1H3,(H,24,25,28). The summed E-state index contributed by atoms with van der Waals surface area (Å²) in [7, 11) is 0. The van der Waals surface area contributed by atoms with Crippen LogP contribution in [0.5, 0.6) is 0 Å². The minimum Gasteiger partial charge on any atom is -0.341 e. The van der Waals surface area contributed by atoms with E-state index in [1.54, 1.807) is 6.07 Å². The topological polar surface area (TPSA) is 82.6 Å². The van der Waals surface area contributed by atoms with Gasteiger partial charge >= 0.3 is 0 Å². The Morgan fingerprint density at radius 3 is 2.55 bits per heavy atom. The number of nitrogens with zero attached hydrogens (tertiary/aromatic N) is 3. The number of carbonyl (C=O) groups is 3. The second kappa shape index (κ2) is 9.51. The molecule has 1 fully saturated rings. The van der Waals surface area contributed by atoms with Gasteiger partial charge in [0.15, 0.2) is 5.25 Å². The number of amides is 3. The van der Waals surface area contributed by atoms with Crippen molar-refractivity contribution < 1.29 is 14.4 Å². The molecule has 4 rings (SSSR count). The van der Waals surface area contributed by atoms with Crippen molar-refractivity contribution in [3.05, 3.63) is 48.2 Å². The Labute approximate surface area is 186 Å². The molecule has 2 aliphatic heterocycles. The SMILES string of the molecule is Cc1cccc(NC(=O)CN2C(=O)C(C(=O)N3CCCCCC3)Sc3ccccc32)n1. The molecule has 1 N–H and O–H groups in total. The number of benzene rings is 1. The van der Waals surface area contributed by atoms with Gasteiger partial charge in [0.1, 0.15) is 12.4 Å². The fourth-order valence-electron chi connectivity index (χ4n) is 3.93. The van der Waals surface area contributed by atoms with Crippen molar-refractivity contribution in [3.63, 3.8) is 0 Å². The number of nitrogens with one attached hydrogen (secondary N) is 1. The molecule has 8 heteroatoms. The maximum absolute atomic E-state index is 13.4. The van der Waals surface area contributed by atoms with Gasteiger partial charge < -0.3 is 15.1 Å². The normalized spacial score (nSPS) is 18.9. The third kappa shape index (κ3) is 4.90. The molecule has 1 aromatic carbocycles. The minimum absolute atomic E-state index is 0.155. The van der Waals surface area contributed by atoms with Crippen LogP contribution < -0.4 is 10.2 Å². The highest BCUT2D eigenvalue weighted by atomic mass is 32.2. The molecule has 1 atom stereocenters. The van der Waals surface area contributed by atoms with Gasteiger partial charge in [0, 0.05) is 23.7 Å². The van der Waals surface area contributed by atoms with Crippen LogP contribution >= 0.6 is 11.8 Å². The van der Waals surface area contributed by atoms with Crippen LogP contribution in [0.25, 0.3) is 0 Å². The van der Waals surface area contributed by atoms with Crippen LogP contribution in [0.15, 0.2) is 47.4 Å². The van der Waals surface area contributed by atoms with Crippen molar-refractivity contribution in [2.45, 2.75) is 42.8 Å². The van der Waals surface area contributed by atoms with Gasteiger partial charge in [-0.1, -0.05) is 31.0 Å². The Hall–Kier alpha value is -2.87. The Kier molecular flexibility index (Phi) is 6.56. The fraction of sp³-hybridized carbons (Fsp3) is 0.391. The number of hydrogen-bond acceptors (Lipinski definition) is 5. The third-order valence-corrected chi connectivity index (χ3v) is 6.73. The van der Waals surface area contributed by atoms with Crippen molar-refractivity contribution in [2.75, 3.05) is 29.9 Å². The lowest BCUT2D eigenvalue weighted by Gasteiger charge is -2.34. The zero-order valence-corrected chi connectivity index (χ0v) is 18.4. The van der Waals surface area contributed by atoms with Crippen LogP contribution in [0.3, 0.4) is 0 Å². The van der Waals surface area contributed by atoms with Crippen LogP contribution in [0, 0.1) is 6.92 Å². The highest BCUT2D eigenvalue weighted by Crippen LogP contribution is 2.39. The van der Waals surface area contributed by atoms with E-state index >= 15 is 0 Å². The van der Waals surface area contributed by atoms with Gasteiger partial charge in [0.25, 0.3) is 5.91 Å². The summed E-state index contributed by atoms with van der Waals surface area (Å²) in [5.41, 5.74) is 1.45. The van der Waals surface area contributed by atoms with Gasteiger partial charge in [-0.2, -0.15) is 0 Å². The molecule has 7 nitrogen and oxygen atoms in total. The first-order valence-electron chi connectivity index (χ1n) is 10.6. The largest absolute Gasteiger partial charge is 0.341 e. The molecule has 3 heterocycles. The van der Waals surface area contributed by atoms with Crippen molar-refractivity contribution in [1.29, 1.82) is 0 Å². The van der Waals surface area contributed by atoms with Crippen LogP contribution in [-0.4, -0.2) is 52.5 Å². The minimum atomic E-state index is -0.863. The monoisotopic (exact) mass is 438 g/mol. The maximum Gasteiger partial charge on any atom is 0.250 e. The first kappa shape index (κ1) is 21.4. The molecular formula is C23H26N4O3S. The van der Waals surface area contributed by atoms with Crippen molar-refractivity contribution in [2.24, 2.45) is 0 Å². The van der Waals surface area contributed by atoms with E-state index in [9.17, 15) is 14.4 Å². The molecule has 1 unspecified atom stereocenters. The molecule has 0 bridgehead atoms. The second-order valence-corrected chi connectivity index (χ2v) is 8.99. The number of pyridine rings is 1. The molecule has 2 aliphatic rings. The molecule has 0 saturated carbocycles.